The predicted octanol–water partition coefficient (Wildman–Crippen LogP) is 2.84. The van der Waals surface area contributed by atoms with Gasteiger partial charge in [-0.2, -0.15) is 0 Å². The molecule has 0 aromatic heterocycles. The number of benzene rings is 2. The molecule has 6 nitrogen and oxygen atoms in total. The van der Waals surface area contributed by atoms with E-state index in [1.54, 1.807) is 28.9 Å². The maximum atomic E-state index is 13.0. The van der Waals surface area contributed by atoms with Crippen LogP contribution >= 0.6 is 0 Å². The van der Waals surface area contributed by atoms with Crippen molar-refractivity contribution in [2.45, 2.75) is 13.3 Å². The van der Waals surface area contributed by atoms with Gasteiger partial charge in [0.15, 0.2) is 0 Å². The van der Waals surface area contributed by atoms with Gasteiger partial charge in [0.25, 0.3) is 5.91 Å². The summed E-state index contributed by atoms with van der Waals surface area (Å²) in [5.74, 6) is 1.33. The van der Waals surface area contributed by atoms with Crippen molar-refractivity contribution in [1.82, 2.24) is 9.80 Å². The van der Waals surface area contributed by atoms with E-state index in [2.05, 4.69) is 0 Å². The maximum absolute atomic E-state index is 13.0. The number of nitrogens with zero attached hydrogens (tertiary/aromatic N) is 2. The topological polar surface area (TPSA) is 59.1 Å². The molecule has 0 spiro atoms. The van der Waals surface area contributed by atoms with Crippen molar-refractivity contribution in [1.29, 1.82) is 0 Å². The fraction of sp³-hybridized carbons (Fsp3) is 0.364. The van der Waals surface area contributed by atoms with Crippen molar-refractivity contribution in [3.8, 4) is 11.5 Å². The standard InChI is InChI=1S/C22H26N2O4/c1-18(25)23-12-7-13-24(15-14-23)22(26)20-10-5-6-11-21(20)28-17-16-27-19-8-3-2-4-9-19/h2-6,8-11H,7,12-17H2,1H3. The molecule has 1 heterocycles. The lowest BCUT2D eigenvalue weighted by molar-refractivity contribution is -0.128. The molecular formula is C22H26N2O4. The first kappa shape index (κ1) is 19.7. The summed E-state index contributed by atoms with van der Waals surface area (Å²) in [6, 6.07) is 16.8. The lowest BCUT2D eigenvalue weighted by Gasteiger charge is -2.22. The average Bonchev–Trinajstić information content (AvgIpc) is 2.98. The summed E-state index contributed by atoms with van der Waals surface area (Å²) < 4.78 is 11.5. The highest BCUT2D eigenvalue weighted by Gasteiger charge is 2.23. The molecule has 28 heavy (non-hydrogen) atoms. The molecule has 1 fully saturated rings. The Morgan fingerprint density at radius 2 is 1.46 bits per heavy atom. The van der Waals surface area contributed by atoms with E-state index in [1.807, 2.05) is 42.5 Å². The SMILES string of the molecule is CC(=O)N1CCCN(C(=O)c2ccccc2OCCOc2ccccc2)CC1. The van der Waals surface area contributed by atoms with E-state index < -0.39 is 0 Å². The highest BCUT2D eigenvalue weighted by atomic mass is 16.5. The number of rotatable bonds is 6. The van der Waals surface area contributed by atoms with Gasteiger partial charge in [0.2, 0.25) is 5.91 Å². The molecule has 1 saturated heterocycles. The molecule has 2 aromatic rings. The van der Waals surface area contributed by atoms with Crippen molar-refractivity contribution in [3.05, 3.63) is 60.2 Å². The largest absolute Gasteiger partial charge is 0.490 e. The zero-order chi connectivity index (χ0) is 19.8. The number of hydrogen-bond donors (Lipinski definition) is 0. The Hall–Kier alpha value is -3.02. The highest BCUT2D eigenvalue weighted by Crippen LogP contribution is 2.21. The summed E-state index contributed by atoms with van der Waals surface area (Å²) in [5.41, 5.74) is 0.540. The molecule has 1 aliphatic rings. The number of carbonyl (C=O) groups is 2. The van der Waals surface area contributed by atoms with Gasteiger partial charge < -0.3 is 19.3 Å². The van der Waals surface area contributed by atoms with Crippen molar-refractivity contribution in [2.24, 2.45) is 0 Å². The first-order valence-corrected chi connectivity index (χ1v) is 9.59. The van der Waals surface area contributed by atoms with Crippen molar-refractivity contribution >= 4 is 11.8 Å². The summed E-state index contributed by atoms with van der Waals surface area (Å²) in [6.45, 7) is 4.72. The number of carbonyl (C=O) groups excluding carboxylic acids is 2. The molecule has 2 aromatic carbocycles. The average molecular weight is 382 g/mol. The Balaban J connectivity index is 1.58. The summed E-state index contributed by atoms with van der Waals surface area (Å²) in [6.07, 6.45) is 0.777. The molecule has 0 unspecified atom stereocenters. The van der Waals surface area contributed by atoms with Crippen LogP contribution in [0.25, 0.3) is 0 Å². The van der Waals surface area contributed by atoms with Crippen molar-refractivity contribution in [3.63, 3.8) is 0 Å². The fourth-order valence-electron chi connectivity index (χ4n) is 3.20. The van der Waals surface area contributed by atoms with Crippen LogP contribution in [-0.2, 0) is 4.79 Å². The Kier molecular flexibility index (Phi) is 6.89. The van der Waals surface area contributed by atoms with Gasteiger partial charge in [-0.05, 0) is 30.7 Å². The minimum atomic E-state index is -0.0648. The van der Waals surface area contributed by atoms with Gasteiger partial charge in [0.1, 0.15) is 24.7 Å². The number of hydrogen-bond acceptors (Lipinski definition) is 4. The van der Waals surface area contributed by atoms with Crippen molar-refractivity contribution in [2.75, 3.05) is 39.4 Å². The van der Waals surface area contributed by atoms with Crippen LogP contribution in [0, 0.1) is 0 Å². The molecule has 0 N–H and O–H groups in total. The molecule has 0 aliphatic carbocycles. The molecule has 2 amide bonds. The van der Waals surface area contributed by atoms with E-state index >= 15 is 0 Å². The smallest absolute Gasteiger partial charge is 0.257 e. The van der Waals surface area contributed by atoms with Crippen molar-refractivity contribution < 1.29 is 19.1 Å². The molecule has 148 valence electrons. The minimum Gasteiger partial charge on any atom is -0.490 e. The van der Waals surface area contributed by atoms with E-state index in [4.69, 9.17) is 9.47 Å². The molecular weight excluding hydrogens is 356 g/mol. The fourth-order valence-corrected chi connectivity index (χ4v) is 3.20. The first-order valence-electron chi connectivity index (χ1n) is 9.59. The van der Waals surface area contributed by atoms with Crippen LogP contribution in [0.2, 0.25) is 0 Å². The summed E-state index contributed by atoms with van der Waals surface area (Å²) in [4.78, 5) is 28.2. The van der Waals surface area contributed by atoms with Gasteiger partial charge in [0.05, 0.1) is 5.56 Å². The highest BCUT2D eigenvalue weighted by molar-refractivity contribution is 5.97. The third kappa shape index (κ3) is 5.25. The maximum Gasteiger partial charge on any atom is 0.257 e. The quantitative estimate of drug-likeness (QED) is 0.721. The molecule has 6 heteroatoms. The van der Waals surface area contributed by atoms with E-state index in [0.29, 0.717) is 50.7 Å². The lowest BCUT2D eigenvalue weighted by atomic mass is 10.1. The van der Waals surface area contributed by atoms with Gasteiger partial charge in [-0.1, -0.05) is 30.3 Å². The summed E-state index contributed by atoms with van der Waals surface area (Å²) in [7, 11) is 0. The van der Waals surface area contributed by atoms with Crippen LogP contribution in [0.1, 0.15) is 23.7 Å². The molecule has 0 bridgehead atoms. The first-order chi connectivity index (χ1) is 13.6. The van der Waals surface area contributed by atoms with Crippen LogP contribution in [0.4, 0.5) is 0 Å². The van der Waals surface area contributed by atoms with Crippen LogP contribution < -0.4 is 9.47 Å². The van der Waals surface area contributed by atoms with E-state index in [-0.39, 0.29) is 11.8 Å². The second kappa shape index (κ2) is 9.78. The Morgan fingerprint density at radius 1 is 0.821 bits per heavy atom. The van der Waals surface area contributed by atoms with Gasteiger partial charge >= 0.3 is 0 Å². The van der Waals surface area contributed by atoms with Crippen LogP contribution in [0.5, 0.6) is 11.5 Å². The Labute approximate surface area is 165 Å². The third-order valence-electron chi connectivity index (χ3n) is 4.70. The van der Waals surface area contributed by atoms with Crippen LogP contribution in [0.3, 0.4) is 0 Å². The van der Waals surface area contributed by atoms with Crippen LogP contribution in [0.15, 0.2) is 54.6 Å². The predicted molar refractivity (Wildman–Crippen MR) is 107 cm³/mol. The number of ether oxygens (including phenoxy) is 2. The Bertz CT molecular complexity index is 794. The van der Waals surface area contributed by atoms with Gasteiger partial charge in [-0.15, -0.1) is 0 Å². The zero-order valence-corrected chi connectivity index (χ0v) is 16.2. The minimum absolute atomic E-state index is 0.0523. The van der Waals surface area contributed by atoms with Gasteiger partial charge in [-0.3, -0.25) is 9.59 Å². The second-order valence-corrected chi connectivity index (χ2v) is 6.66. The van der Waals surface area contributed by atoms with Gasteiger partial charge in [0, 0.05) is 33.1 Å². The number of para-hydroxylation sites is 2. The van der Waals surface area contributed by atoms with E-state index in [1.165, 1.54) is 0 Å². The molecule has 1 aliphatic heterocycles. The second-order valence-electron chi connectivity index (χ2n) is 6.66. The molecule has 0 radical (unpaired) electrons. The summed E-state index contributed by atoms with van der Waals surface area (Å²) >= 11 is 0. The third-order valence-corrected chi connectivity index (χ3v) is 4.70. The normalized spacial score (nSPS) is 14.3. The Morgan fingerprint density at radius 3 is 2.25 bits per heavy atom. The van der Waals surface area contributed by atoms with E-state index in [9.17, 15) is 9.59 Å². The zero-order valence-electron chi connectivity index (χ0n) is 16.2. The molecule has 3 rings (SSSR count). The molecule has 0 atom stereocenters. The molecule has 0 saturated carbocycles. The van der Waals surface area contributed by atoms with Crippen LogP contribution in [-0.4, -0.2) is 61.0 Å². The number of amides is 2. The summed E-state index contributed by atoms with van der Waals surface area (Å²) in [5, 5.41) is 0. The van der Waals surface area contributed by atoms with E-state index in [0.717, 1.165) is 12.2 Å². The monoisotopic (exact) mass is 382 g/mol. The lowest BCUT2D eigenvalue weighted by Crippen LogP contribution is -2.36. The van der Waals surface area contributed by atoms with Gasteiger partial charge in [-0.25, -0.2) is 0 Å².